The van der Waals surface area contributed by atoms with Gasteiger partial charge in [0.2, 0.25) is 0 Å². The van der Waals surface area contributed by atoms with Crippen LogP contribution in [0, 0.1) is 12.8 Å². The molecule has 148 valence electrons. The van der Waals surface area contributed by atoms with Gasteiger partial charge in [0.15, 0.2) is 5.82 Å². The van der Waals surface area contributed by atoms with Crippen LogP contribution in [-0.2, 0) is 9.53 Å². The highest BCUT2D eigenvalue weighted by atomic mass is 16.5. The van der Waals surface area contributed by atoms with Crippen LogP contribution < -0.4 is 0 Å². The second-order valence-electron chi connectivity index (χ2n) is 7.38. The Kier molecular flexibility index (Phi) is 6.45. The molecule has 1 heterocycles. The molecule has 1 aliphatic carbocycles. The molecule has 0 bridgehead atoms. The number of aryl methyl sites for hydroxylation is 1. The first-order valence-corrected chi connectivity index (χ1v) is 10.1. The van der Waals surface area contributed by atoms with Gasteiger partial charge in [-0.2, -0.15) is 5.10 Å². The summed E-state index contributed by atoms with van der Waals surface area (Å²) >= 11 is 0. The van der Waals surface area contributed by atoms with Gasteiger partial charge in [-0.05, 0) is 39.2 Å². The van der Waals surface area contributed by atoms with Gasteiger partial charge in [-0.3, -0.25) is 0 Å². The number of hydrogen-bond acceptors (Lipinski definition) is 5. The number of carbonyl (C=O) groups is 1. The molecule has 3 rings (SSSR count). The lowest BCUT2D eigenvalue weighted by Crippen LogP contribution is -2.29. The summed E-state index contributed by atoms with van der Waals surface area (Å²) in [6.07, 6.45) is 7.76. The maximum absolute atomic E-state index is 12.3. The Morgan fingerprint density at radius 1 is 1.25 bits per heavy atom. The van der Waals surface area contributed by atoms with Crippen molar-refractivity contribution in [2.45, 2.75) is 52.9 Å². The Morgan fingerprint density at radius 3 is 2.54 bits per heavy atom. The predicted molar refractivity (Wildman–Crippen MR) is 114 cm³/mol. The van der Waals surface area contributed by atoms with E-state index in [9.17, 15) is 4.79 Å². The van der Waals surface area contributed by atoms with Crippen LogP contribution in [0.5, 0.6) is 0 Å². The smallest absolute Gasteiger partial charge is 0.337 e. The van der Waals surface area contributed by atoms with E-state index in [1.165, 1.54) is 24.8 Å². The topological polar surface area (TPSA) is 54.3 Å². The lowest BCUT2D eigenvalue weighted by atomic mass is 9.83. The molecule has 0 spiro atoms. The van der Waals surface area contributed by atoms with Crippen LogP contribution in [0.4, 0.5) is 0 Å². The average Bonchev–Trinajstić information content (AvgIpc) is 2.73. The fourth-order valence-electron chi connectivity index (χ4n) is 3.93. The summed E-state index contributed by atoms with van der Waals surface area (Å²) in [6.45, 7) is 9.73. The van der Waals surface area contributed by atoms with Crippen LogP contribution >= 0.6 is 0 Å². The molecule has 0 saturated heterocycles. The Hall–Kier alpha value is -2.69. The molecule has 0 amide bonds. The number of esters is 1. The fourth-order valence-corrected chi connectivity index (χ4v) is 3.93. The number of hydrazone groups is 1. The van der Waals surface area contributed by atoms with Gasteiger partial charge in [0, 0.05) is 24.4 Å². The van der Waals surface area contributed by atoms with E-state index in [2.05, 4.69) is 48.0 Å². The molecule has 0 N–H and O–H groups in total. The summed E-state index contributed by atoms with van der Waals surface area (Å²) in [5.74, 6) is 0.502. The van der Waals surface area contributed by atoms with Crippen LogP contribution in [-0.4, -0.2) is 30.5 Å². The Balaban J connectivity index is 2.12. The minimum Gasteiger partial charge on any atom is -0.463 e. The fraction of sp³-hybridized carbons (Fsp3) is 0.435. The summed E-state index contributed by atoms with van der Waals surface area (Å²) in [5.41, 5.74) is 4.92. The molecule has 1 aromatic rings. The number of nitrogens with zero attached hydrogens (tertiary/aromatic N) is 3. The number of aliphatic imine (C=N–C) groups is 1. The number of carbonyl (C=O) groups excluding carboxylic acids is 1. The highest BCUT2D eigenvalue weighted by molar-refractivity contribution is 6.12. The largest absolute Gasteiger partial charge is 0.463 e. The molecule has 0 unspecified atom stereocenters. The van der Waals surface area contributed by atoms with Crippen molar-refractivity contribution >= 4 is 24.5 Å². The SMILES string of the molecule is C=NN1C(C2CCCCC2)=C(c2ccc(C)cc2)C=N/C1=C(/C)C(=O)OCC. The Morgan fingerprint density at radius 2 is 1.93 bits per heavy atom. The van der Waals surface area contributed by atoms with E-state index in [1.807, 2.05) is 6.21 Å². The van der Waals surface area contributed by atoms with Crippen molar-refractivity contribution < 1.29 is 9.53 Å². The molecule has 0 atom stereocenters. The molecule has 1 aliphatic heterocycles. The molecule has 1 saturated carbocycles. The average molecular weight is 380 g/mol. The van der Waals surface area contributed by atoms with Crippen LogP contribution in [0.25, 0.3) is 5.57 Å². The summed E-state index contributed by atoms with van der Waals surface area (Å²) in [7, 11) is 0. The number of benzene rings is 1. The van der Waals surface area contributed by atoms with Gasteiger partial charge >= 0.3 is 5.97 Å². The lowest BCUT2D eigenvalue weighted by molar-refractivity contribution is -0.138. The zero-order valence-corrected chi connectivity index (χ0v) is 17.1. The normalized spacial score (nSPS) is 19.6. The minimum absolute atomic E-state index is 0.328. The van der Waals surface area contributed by atoms with Gasteiger partial charge in [0.1, 0.15) is 0 Å². The third-order valence-electron chi connectivity index (χ3n) is 5.43. The van der Waals surface area contributed by atoms with E-state index >= 15 is 0 Å². The zero-order valence-electron chi connectivity index (χ0n) is 17.1. The van der Waals surface area contributed by atoms with Gasteiger partial charge in [-0.25, -0.2) is 14.8 Å². The first-order chi connectivity index (χ1) is 13.6. The first kappa shape index (κ1) is 20.1. The monoisotopic (exact) mass is 379 g/mol. The van der Waals surface area contributed by atoms with Gasteiger partial charge < -0.3 is 4.74 Å². The molecule has 0 radical (unpaired) electrons. The van der Waals surface area contributed by atoms with Gasteiger partial charge in [-0.15, -0.1) is 0 Å². The summed E-state index contributed by atoms with van der Waals surface area (Å²) in [4.78, 5) is 16.9. The van der Waals surface area contributed by atoms with Crippen molar-refractivity contribution in [3.05, 3.63) is 52.5 Å². The van der Waals surface area contributed by atoms with Crippen molar-refractivity contribution in [1.29, 1.82) is 0 Å². The number of ether oxygens (including phenoxy) is 1. The van der Waals surface area contributed by atoms with Crippen molar-refractivity contribution in [3.8, 4) is 0 Å². The van der Waals surface area contributed by atoms with Gasteiger partial charge in [0.05, 0.1) is 17.9 Å². The second-order valence-corrected chi connectivity index (χ2v) is 7.38. The van der Waals surface area contributed by atoms with E-state index in [0.717, 1.165) is 29.7 Å². The summed E-state index contributed by atoms with van der Waals surface area (Å²) in [5, 5.41) is 6.05. The highest BCUT2D eigenvalue weighted by Crippen LogP contribution is 2.40. The maximum atomic E-state index is 12.3. The lowest BCUT2D eigenvalue weighted by Gasteiger charge is -2.35. The maximum Gasteiger partial charge on any atom is 0.337 e. The highest BCUT2D eigenvalue weighted by Gasteiger charge is 2.32. The van der Waals surface area contributed by atoms with E-state index in [-0.39, 0.29) is 5.97 Å². The van der Waals surface area contributed by atoms with Crippen LogP contribution in [0.15, 0.2) is 51.5 Å². The van der Waals surface area contributed by atoms with Crippen LogP contribution in [0.3, 0.4) is 0 Å². The molecular formula is C23H29N3O2. The quantitative estimate of drug-likeness (QED) is 0.407. The summed E-state index contributed by atoms with van der Waals surface area (Å²) in [6, 6.07) is 8.45. The van der Waals surface area contributed by atoms with Gasteiger partial charge in [-0.1, -0.05) is 49.1 Å². The van der Waals surface area contributed by atoms with Crippen LogP contribution in [0.1, 0.15) is 57.1 Å². The molecule has 28 heavy (non-hydrogen) atoms. The van der Waals surface area contributed by atoms with E-state index in [4.69, 9.17) is 4.74 Å². The second kappa shape index (κ2) is 9.00. The number of allylic oxidation sites excluding steroid dienone is 2. The molecule has 5 nitrogen and oxygen atoms in total. The van der Waals surface area contributed by atoms with E-state index in [1.54, 1.807) is 18.9 Å². The molecule has 2 aliphatic rings. The van der Waals surface area contributed by atoms with Gasteiger partial charge in [0.25, 0.3) is 0 Å². The van der Waals surface area contributed by atoms with Crippen molar-refractivity contribution in [3.63, 3.8) is 0 Å². The van der Waals surface area contributed by atoms with E-state index in [0.29, 0.717) is 23.9 Å². The van der Waals surface area contributed by atoms with Crippen molar-refractivity contribution in [2.75, 3.05) is 6.61 Å². The van der Waals surface area contributed by atoms with Crippen molar-refractivity contribution in [1.82, 2.24) is 5.01 Å². The molecule has 0 aromatic heterocycles. The zero-order chi connectivity index (χ0) is 20.1. The standard InChI is InChI=1S/C23H29N3O2/c1-5-28-23(27)17(3)22-25-15-20(18-13-11-16(2)12-14-18)21(26(22)24-4)19-9-7-6-8-10-19/h11-15,19H,4-10H2,1-3H3/b22-17+. The van der Waals surface area contributed by atoms with E-state index < -0.39 is 0 Å². The number of rotatable bonds is 5. The van der Waals surface area contributed by atoms with Crippen molar-refractivity contribution in [2.24, 2.45) is 16.0 Å². The number of hydrogen-bond donors (Lipinski definition) is 0. The molecule has 1 fully saturated rings. The third kappa shape index (κ3) is 4.08. The Labute approximate surface area is 167 Å². The predicted octanol–water partition coefficient (Wildman–Crippen LogP) is 5.08. The molecule has 5 heteroatoms. The van der Waals surface area contributed by atoms with Crippen LogP contribution in [0.2, 0.25) is 0 Å². The molecular weight excluding hydrogens is 350 g/mol. The molecule has 1 aromatic carbocycles. The first-order valence-electron chi connectivity index (χ1n) is 10.1. The summed E-state index contributed by atoms with van der Waals surface area (Å²) < 4.78 is 5.18. The Bertz CT molecular complexity index is 828. The third-order valence-corrected chi connectivity index (χ3v) is 5.43. The minimum atomic E-state index is -0.370.